The zero-order valence-corrected chi connectivity index (χ0v) is 13.4. The molecule has 1 aliphatic rings. The van der Waals surface area contributed by atoms with E-state index in [0.717, 1.165) is 6.42 Å². The predicted octanol–water partition coefficient (Wildman–Crippen LogP) is 0.330. The number of benzene rings is 1. The summed E-state index contributed by atoms with van der Waals surface area (Å²) in [6, 6.07) is 9.99. The van der Waals surface area contributed by atoms with Crippen LogP contribution in [-0.2, 0) is 20.8 Å². The molecular formula is C17H23N3O3. The first-order valence-corrected chi connectivity index (χ1v) is 7.90. The van der Waals surface area contributed by atoms with Crippen LogP contribution in [0.1, 0.15) is 18.9 Å². The summed E-state index contributed by atoms with van der Waals surface area (Å²) in [7, 11) is 0. The number of nitrogens with zero attached hydrogens (tertiary/aromatic N) is 1. The van der Waals surface area contributed by atoms with Crippen molar-refractivity contribution in [3.63, 3.8) is 0 Å². The third kappa shape index (κ3) is 5.39. The normalized spacial score (nSPS) is 17.2. The molecule has 1 aromatic carbocycles. The average molecular weight is 317 g/mol. The van der Waals surface area contributed by atoms with Gasteiger partial charge in [0.1, 0.15) is 0 Å². The van der Waals surface area contributed by atoms with E-state index in [4.69, 9.17) is 0 Å². The number of hydrogen-bond donors (Lipinski definition) is 2. The van der Waals surface area contributed by atoms with Crippen molar-refractivity contribution in [2.45, 2.75) is 19.8 Å². The van der Waals surface area contributed by atoms with Gasteiger partial charge in [-0.25, -0.2) is 0 Å². The second-order valence-corrected chi connectivity index (χ2v) is 5.75. The molecule has 1 unspecified atom stereocenters. The number of nitrogens with one attached hydrogen (secondary N) is 2. The molecule has 2 rings (SSSR count). The standard InChI is InChI=1S/C17H23N3O3/c1-13(21)18-8-9-19-17(23)15-11-16(22)20(12-15)10-7-14-5-3-2-4-6-14/h2-6,15H,7-12H2,1H3,(H,18,21)(H,19,23). The molecule has 0 saturated carbocycles. The minimum Gasteiger partial charge on any atom is -0.355 e. The molecule has 1 atom stereocenters. The molecule has 124 valence electrons. The largest absolute Gasteiger partial charge is 0.355 e. The Balaban J connectivity index is 1.73. The quantitative estimate of drug-likeness (QED) is 0.711. The van der Waals surface area contributed by atoms with E-state index in [1.807, 2.05) is 30.3 Å². The number of likely N-dealkylation sites (tertiary alicyclic amines) is 1. The van der Waals surface area contributed by atoms with Crippen LogP contribution in [0, 0.1) is 5.92 Å². The third-order valence-electron chi connectivity index (χ3n) is 3.90. The Morgan fingerprint density at radius 2 is 1.87 bits per heavy atom. The first kappa shape index (κ1) is 17.0. The highest BCUT2D eigenvalue weighted by Crippen LogP contribution is 2.18. The maximum absolute atomic E-state index is 12.1. The molecule has 1 saturated heterocycles. The molecule has 3 amide bonds. The van der Waals surface area contributed by atoms with Crippen LogP contribution in [0.3, 0.4) is 0 Å². The monoisotopic (exact) mass is 317 g/mol. The van der Waals surface area contributed by atoms with Crippen LogP contribution in [0.2, 0.25) is 0 Å². The van der Waals surface area contributed by atoms with Crippen molar-refractivity contribution in [1.82, 2.24) is 15.5 Å². The predicted molar refractivity (Wildman–Crippen MR) is 86.5 cm³/mol. The molecule has 0 aromatic heterocycles. The van der Waals surface area contributed by atoms with Crippen molar-refractivity contribution in [3.8, 4) is 0 Å². The summed E-state index contributed by atoms with van der Waals surface area (Å²) in [4.78, 5) is 36.6. The molecule has 2 N–H and O–H groups in total. The lowest BCUT2D eigenvalue weighted by molar-refractivity contribution is -0.129. The number of amides is 3. The summed E-state index contributed by atoms with van der Waals surface area (Å²) < 4.78 is 0. The lowest BCUT2D eigenvalue weighted by Crippen LogP contribution is -2.38. The van der Waals surface area contributed by atoms with Gasteiger partial charge in [0.2, 0.25) is 17.7 Å². The summed E-state index contributed by atoms with van der Waals surface area (Å²) in [5.41, 5.74) is 1.18. The van der Waals surface area contributed by atoms with E-state index in [2.05, 4.69) is 10.6 Å². The van der Waals surface area contributed by atoms with Gasteiger partial charge in [0, 0.05) is 39.5 Å². The maximum Gasteiger partial charge on any atom is 0.225 e. The van der Waals surface area contributed by atoms with E-state index in [-0.39, 0.29) is 30.1 Å². The summed E-state index contributed by atoms with van der Waals surface area (Å²) in [5.74, 6) is -0.508. The van der Waals surface area contributed by atoms with Gasteiger partial charge in [-0.3, -0.25) is 14.4 Å². The lowest BCUT2D eigenvalue weighted by atomic mass is 10.1. The molecule has 0 aliphatic carbocycles. The van der Waals surface area contributed by atoms with Crippen LogP contribution in [0.15, 0.2) is 30.3 Å². The highest BCUT2D eigenvalue weighted by Gasteiger charge is 2.33. The van der Waals surface area contributed by atoms with Gasteiger partial charge in [-0.15, -0.1) is 0 Å². The Kier molecular flexibility index (Phi) is 6.14. The van der Waals surface area contributed by atoms with Gasteiger partial charge in [0.25, 0.3) is 0 Å². The zero-order chi connectivity index (χ0) is 16.7. The third-order valence-corrected chi connectivity index (χ3v) is 3.90. The highest BCUT2D eigenvalue weighted by atomic mass is 16.2. The summed E-state index contributed by atoms with van der Waals surface area (Å²) >= 11 is 0. The van der Waals surface area contributed by atoms with E-state index in [1.54, 1.807) is 4.90 Å². The molecule has 0 radical (unpaired) electrons. The Bertz CT molecular complexity index is 559. The summed E-state index contributed by atoms with van der Waals surface area (Å²) in [5, 5.41) is 5.38. The summed E-state index contributed by atoms with van der Waals surface area (Å²) in [6.07, 6.45) is 1.06. The molecule has 1 fully saturated rings. The molecule has 0 bridgehead atoms. The van der Waals surface area contributed by atoms with Gasteiger partial charge in [0.05, 0.1) is 5.92 Å². The van der Waals surface area contributed by atoms with Crippen LogP contribution in [0.5, 0.6) is 0 Å². The van der Waals surface area contributed by atoms with Crippen molar-refractivity contribution >= 4 is 17.7 Å². The minimum absolute atomic E-state index is 0.0305. The SMILES string of the molecule is CC(=O)NCCNC(=O)C1CC(=O)N(CCc2ccccc2)C1. The van der Waals surface area contributed by atoms with E-state index in [1.165, 1.54) is 12.5 Å². The fourth-order valence-corrected chi connectivity index (χ4v) is 2.64. The van der Waals surface area contributed by atoms with Crippen molar-refractivity contribution in [3.05, 3.63) is 35.9 Å². The Morgan fingerprint density at radius 3 is 2.57 bits per heavy atom. The molecule has 0 spiro atoms. The second-order valence-electron chi connectivity index (χ2n) is 5.75. The van der Waals surface area contributed by atoms with Crippen molar-refractivity contribution in [2.24, 2.45) is 5.92 Å². The molecule has 1 aromatic rings. The van der Waals surface area contributed by atoms with E-state index < -0.39 is 0 Å². The van der Waals surface area contributed by atoms with Crippen LogP contribution in [-0.4, -0.2) is 48.8 Å². The van der Waals surface area contributed by atoms with Crippen molar-refractivity contribution < 1.29 is 14.4 Å². The van der Waals surface area contributed by atoms with E-state index in [9.17, 15) is 14.4 Å². The van der Waals surface area contributed by atoms with E-state index >= 15 is 0 Å². The Morgan fingerprint density at radius 1 is 1.17 bits per heavy atom. The van der Waals surface area contributed by atoms with Crippen LogP contribution >= 0.6 is 0 Å². The summed E-state index contributed by atoms with van der Waals surface area (Å²) in [6.45, 7) is 3.32. The van der Waals surface area contributed by atoms with Gasteiger partial charge < -0.3 is 15.5 Å². The number of carbonyl (C=O) groups is 3. The fourth-order valence-electron chi connectivity index (χ4n) is 2.64. The maximum atomic E-state index is 12.1. The number of carbonyl (C=O) groups excluding carboxylic acids is 3. The first-order valence-electron chi connectivity index (χ1n) is 7.90. The van der Waals surface area contributed by atoms with Crippen molar-refractivity contribution in [2.75, 3.05) is 26.2 Å². The van der Waals surface area contributed by atoms with Crippen LogP contribution in [0.25, 0.3) is 0 Å². The van der Waals surface area contributed by atoms with Gasteiger partial charge in [-0.2, -0.15) is 0 Å². The second kappa shape index (κ2) is 8.31. The van der Waals surface area contributed by atoms with Gasteiger partial charge >= 0.3 is 0 Å². The van der Waals surface area contributed by atoms with Gasteiger partial charge in [0.15, 0.2) is 0 Å². The Hall–Kier alpha value is -2.37. The average Bonchev–Trinajstić information content (AvgIpc) is 2.91. The van der Waals surface area contributed by atoms with Crippen LogP contribution < -0.4 is 10.6 Å². The Labute approximate surface area is 136 Å². The smallest absolute Gasteiger partial charge is 0.225 e. The van der Waals surface area contributed by atoms with Crippen molar-refractivity contribution in [1.29, 1.82) is 0 Å². The number of hydrogen-bond acceptors (Lipinski definition) is 3. The van der Waals surface area contributed by atoms with Gasteiger partial charge in [-0.05, 0) is 12.0 Å². The molecule has 6 heteroatoms. The fraction of sp³-hybridized carbons (Fsp3) is 0.471. The molecule has 1 heterocycles. The molecule has 23 heavy (non-hydrogen) atoms. The van der Waals surface area contributed by atoms with E-state index in [0.29, 0.717) is 26.2 Å². The van der Waals surface area contributed by atoms with Gasteiger partial charge in [-0.1, -0.05) is 30.3 Å². The van der Waals surface area contributed by atoms with Crippen LogP contribution in [0.4, 0.5) is 0 Å². The zero-order valence-electron chi connectivity index (χ0n) is 13.4. The lowest BCUT2D eigenvalue weighted by Gasteiger charge is -2.16. The highest BCUT2D eigenvalue weighted by molar-refractivity contribution is 5.89. The molecular weight excluding hydrogens is 294 g/mol. The first-order chi connectivity index (χ1) is 11.1. The molecule has 6 nitrogen and oxygen atoms in total. The number of rotatable bonds is 7. The minimum atomic E-state index is -0.296. The topological polar surface area (TPSA) is 78.5 Å². The molecule has 1 aliphatic heterocycles.